The van der Waals surface area contributed by atoms with Gasteiger partial charge in [-0.3, -0.25) is 9.59 Å². The lowest BCUT2D eigenvalue weighted by Gasteiger charge is -2.41. The van der Waals surface area contributed by atoms with Gasteiger partial charge in [0.15, 0.2) is 11.2 Å². The number of carbonyl (C=O) groups excluding carboxylic acids is 1. The predicted octanol–water partition coefficient (Wildman–Crippen LogP) is 3.66. The third-order valence-electron chi connectivity index (χ3n) is 8.85. The first-order valence-electron chi connectivity index (χ1n) is 15.9. The van der Waals surface area contributed by atoms with Crippen LogP contribution in [0.2, 0.25) is 0 Å². The molecule has 0 unspecified atom stereocenters. The van der Waals surface area contributed by atoms with E-state index in [9.17, 15) is 9.59 Å². The van der Waals surface area contributed by atoms with E-state index in [1.165, 1.54) is 25.5 Å². The lowest BCUT2D eigenvalue weighted by Crippen LogP contribution is -2.49. The minimum absolute atomic E-state index is 0.0324. The number of rotatable bonds is 13. The van der Waals surface area contributed by atoms with Gasteiger partial charge in [0.1, 0.15) is 5.58 Å². The molecule has 0 spiro atoms. The molecule has 2 fully saturated rings. The number of likely N-dealkylation sites (tertiary alicyclic amines) is 2. The summed E-state index contributed by atoms with van der Waals surface area (Å²) >= 11 is 0. The quantitative estimate of drug-likeness (QED) is 0.346. The Balaban J connectivity index is 1.36. The summed E-state index contributed by atoms with van der Waals surface area (Å²) in [6, 6.07) is 7.71. The molecule has 43 heavy (non-hydrogen) atoms. The molecule has 2 aromatic rings. The van der Waals surface area contributed by atoms with Crippen molar-refractivity contribution in [1.82, 2.24) is 9.80 Å². The molecule has 2 saturated heterocycles. The fourth-order valence-electron chi connectivity index (χ4n) is 6.59. The Morgan fingerprint density at radius 3 is 2.49 bits per heavy atom. The van der Waals surface area contributed by atoms with E-state index in [1.807, 2.05) is 24.0 Å². The molecule has 0 aliphatic carbocycles. The number of nitrogens with zero attached hydrogens (tertiary/aromatic N) is 2. The van der Waals surface area contributed by atoms with E-state index in [-0.39, 0.29) is 36.2 Å². The molecule has 3 aliphatic rings. The van der Waals surface area contributed by atoms with Crippen LogP contribution in [0.4, 0.5) is 0 Å². The molecule has 1 aromatic carbocycles. The zero-order chi connectivity index (χ0) is 30.0. The minimum Gasteiger partial charge on any atom is -0.464 e. The summed E-state index contributed by atoms with van der Waals surface area (Å²) in [7, 11) is 0. The summed E-state index contributed by atoms with van der Waals surface area (Å²) in [5.41, 5.74) is 0.860. The van der Waals surface area contributed by atoms with Gasteiger partial charge in [0.2, 0.25) is 6.29 Å². The van der Waals surface area contributed by atoms with E-state index < -0.39 is 12.2 Å². The summed E-state index contributed by atoms with van der Waals surface area (Å²) in [6.07, 6.45) is 8.84. The van der Waals surface area contributed by atoms with Crippen LogP contribution in [0, 0.1) is 5.92 Å². The van der Waals surface area contributed by atoms with Crippen molar-refractivity contribution >= 4 is 16.9 Å². The van der Waals surface area contributed by atoms with Crippen molar-refractivity contribution in [2.24, 2.45) is 5.92 Å². The summed E-state index contributed by atoms with van der Waals surface area (Å²) < 4.78 is 29.3. The van der Waals surface area contributed by atoms with Gasteiger partial charge in [0, 0.05) is 49.7 Å². The van der Waals surface area contributed by atoms with Crippen LogP contribution in [0.3, 0.4) is 0 Å². The number of piperidine rings is 2. The number of allylic oxidation sites excluding steroid dienone is 1. The molecule has 5 rings (SSSR count). The van der Waals surface area contributed by atoms with Gasteiger partial charge in [-0.1, -0.05) is 18.6 Å². The molecule has 3 atom stereocenters. The van der Waals surface area contributed by atoms with Gasteiger partial charge in [0.05, 0.1) is 38.1 Å². The second-order valence-corrected chi connectivity index (χ2v) is 11.5. The largest absolute Gasteiger partial charge is 0.464 e. The highest BCUT2D eigenvalue weighted by molar-refractivity contribution is 5.92. The van der Waals surface area contributed by atoms with Crippen LogP contribution in [-0.4, -0.2) is 99.0 Å². The predicted molar refractivity (Wildman–Crippen MR) is 162 cm³/mol. The summed E-state index contributed by atoms with van der Waals surface area (Å²) in [5.74, 6) is -0.691. The van der Waals surface area contributed by atoms with Crippen molar-refractivity contribution in [1.29, 1.82) is 0 Å². The second-order valence-electron chi connectivity index (χ2n) is 11.5. The highest BCUT2D eigenvalue weighted by Gasteiger charge is 2.41. The Morgan fingerprint density at radius 1 is 1.00 bits per heavy atom. The van der Waals surface area contributed by atoms with E-state index >= 15 is 0 Å². The van der Waals surface area contributed by atoms with Gasteiger partial charge in [-0.05, 0) is 70.3 Å². The molecule has 236 valence electrons. The van der Waals surface area contributed by atoms with E-state index in [2.05, 4.69) is 4.90 Å². The van der Waals surface area contributed by atoms with E-state index in [1.54, 1.807) is 18.2 Å². The maximum Gasteiger partial charge on any atom is 0.288 e. The number of amides is 1. The molecule has 1 amide bonds. The molecule has 10 nitrogen and oxygen atoms in total. The summed E-state index contributed by atoms with van der Waals surface area (Å²) in [6.45, 7) is 7.31. The fourth-order valence-corrected chi connectivity index (χ4v) is 6.59. The van der Waals surface area contributed by atoms with Gasteiger partial charge in [-0.25, -0.2) is 0 Å². The first-order chi connectivity index (χ1) is 21.1. The van der Waals surface area contributed by atoms with Crippen LogP contribution >= 0.6 is 0 Å². The zero-order valence-electron chi connectivity index (χ0n) is 25.3. The van der Waals surface area contributed by atoms with Crippen LogP contribution < -0.4 is 5.43 Å². The highest BCUT2D eigenvalue weighted by Crippen LogP contribution is 2.39. The monoisotopic (exact) mass is 598 g/mol. The molecule has 4 heterocycles. The topological polar surface area (TPSA) is 111 Å². The number of hydrogen-bond acceptors (Lipinski definition) is 9. The highest BCUT2D eigenvalue weighted by atomic mass is 16.7. The Morgan fingerprint density at radius 2 is 1.74 bits per heavy atom. The Labute approximate surface area is 253 Å². The van der Waals surface area contributed by atoms with Crippen molar-refractivity contribution in [3.8, 4) is 0 Å². The third-order valence-corrected chi connectivity index (χ3v) is 8.85. The molecule has 0 radical (unpaired) electrons. The first-order valence-corrected chi connectivity index (χ1v) is 15.9. The van der Waals surface area contributed by atoms with Crippen molar-refractivity contribution in [2.45, 2.75) is 63.7 Å². The summed E-state index contributed by atoms with van der Waals surface area (Å²) in [5, 5.41) is 9.39. The maximum absolute atomic E-state index is 13.9. The normalized spacial score (nSPS) is 23.7. The van der Waals surface area contributed by atoms with E-state index in [0.717, 1.165) is 25.9 Å². The Kier molecular flexibility index (Phi) is 11.6. The standard InChI is InChI=1S/C33H46N2O8/c1-2-41-33-25(12-18-39-20-21-40-19-17-36)27(28-23-42-29-9-5-4-8-26(29)31(28)37)22-30(43-33)32(38)35-15-10-24(11-16-35)34-13-6-3-7-14-34/h4-5,8-9,22-25,27,33,36H,2-3,6-7,10-21H2,1H3/t25-,27+,33-/m0/s1. The van der Waals surface area contributed by atoms with Crippen LogP contribution in [-0.2, 0) is 23.7 Å². The molecule has 10 heteroatoms. The SMILES string of the molecule is CCO[C@H]1OC(C(=O)N2CCC(N3CCCCC3)CC2)=C[C@@H](c2coc3ccccc3c2=O)[C@@H]1CCOCCOCCO. The number of benzene rings is 1. The number of fused-ring (bicyclic) bond motifs is 1. The fraction of sp³-hybridized carbons (Fsp3) is 0.636. The summed E-state index contributed by atoms with van der Waals surface area (Å²) in [4.78, 5) is 32.1. The zero-order valence-corrected chi connectivity index (χ0v) is 25.3. The second kappa shape index (κ2) is 15.8. The van der Waals surface area contributed by atoms with Gasteiger partial charge in [0.25, 0.3) is 5.91 Å². The average Bonchev–Trinajstić information content (AvgIpc) is 3.05. The lowest BCUT2D eigenvalue weighted by molar-refractivity contribution is -0.172. The van der Waals surface area contributed by atoms with E-state index in [4.69, 9.17) is 28.5 Å². The molecular formula is C33H46N2O8. The van der Waals surface area contributed by atoms with Gasteiger partial charge >= 0.3 is 0 Å². The van der Waals surface area contributed by atoms with Gasteiger partial charge in [-0.2, -0.15) is 0 Å². The molecular weight excluding hydrogens is 552 g/mol. The minimum atomic E-state index is -0.732. The Bertz CT molecular complexity index is 1270. The maximum atomic E-state index is 13.9. The number of ether oxygens (including phenoxy) is 4. The molecule has 1 aromatic heterocycles. The lowest BCUT2D eigenvalue weighted by atomic mass is 9.81. The smallest absolute Gasteiger partial charge is 0.288 e. The van der Waals surface area contributed by atoms with Crippen LogP contribution in [0.15, 0.2) is 51.6 Å². The van der Waals surface area contributed by atoms with Crippen LogP contribution in [0.1, 0.15) is 56.9 Å². The third kappa shape index (κ3) is 7.85. The van der Waals surface area contributed by atoms with E-state index in [0.29, 0.717) is 68.5 Å². The van der Waals surface area contributed by atoms with Crippen LogP contribution in [0.5, 0.6) is 0 Å². The average molecular weight is 599 g/mol. The molecule has 0 bridgehead atoms. The number of carbonyl (C=O) groups is 1. The van der Waals surface area contributed by atoms with Gasteiger partial charge in [-0.15, -0.1) is 0 Å². The number of aliphatic hydroxyl groups excluding tert-OH is 1. The number of para-hydroxylation sites is 1. The number of hydrogen-bond donors (Lipinski definition) is 1. The van der Waals surface area contributed by atoms with Crippen molar-refractivity contribution in [2.75, 3.05) is 65.8 Å². The van der Waals surface area contributed by atoms with Crippen molar-refractivity contribution in [3.05, 3.63) is 58.2 Å². The first kappa shape index (κ1) is 31.7. The van der Waals surface area contributed by atoms with Crippen molar-refractivity contribution in [3.63, 3.8) is 0 Å². The van der Waals surface area contributed by atoms with Crippen molar-refractivity contribution < 1.29 is 33.3 Å². The van der Waals surface area contributed by atoms with Gasteiger partial charge < -0.3 is 38.3 Å². The Hall–Kier alpha value is -2.76. The molecule has 3 aliphatic heterocycles. The number of aliphatic hydroxyl groups is 1. The molecule has 1 N–H and O–H groups in total. The van der Waals surface area contributed by atoms with Crippen LogP contribution in [0.25, 0.3) is 11.0 Å². The molecule has 0 saturated carbocycles.